The van der Waals surface area contributed by atoms with Crippen molar-refractivity contribution in [1.82, 2.24) is 4.98 Å². The molecule has 0 aliphatic rings. The molecule has 0 saturated heterocycles. The number of aromatic nitrogens is 1. The third-order valence-electron chi connectivity index (χ3n) is 3.37. The van der Waals surface area contributed by atoms with Crippen molar-refractivity contribution < 1.29 is 4.74 Å². The summed E-state index contributed by atoms with van der Waals surface area (Å²) in [6.45, 7) is 3.50. The second-order valence-electron chi connectivity index (χ2n) is 4.99. The molecule has 2 aromatic rings. The van der Waals surface area contributed by atoms with Crippen LogP contribution in [0.5, 0.6) is 5.75 Å². The molecule has 5 heteroatoms. The normalized spacial score (nSPS) is 10.7. The highest BCUT2D eigenvalue weighted by Gasteiger charge is 2.14. The van der Waals surface area contributed by atoms with Crippen molar-refractivity contribution in [2.75, 3.05) is 19.1 Å². The zero-order valence-electron chi connectivity index (χ0n) is 12.9. The summed E-state index contributed by atoms with van der Waals surface area (Å²) < 4.78 is 5.41. The molecule has 0 unspecified atom stereocenters. The Balaban J connectivity index is 2.18. The molecule has 0 aliphatic heterocycles. The zero-order chi connectivity index (χ0) is 15.2. The molecule has 114 valence electrons. The van der Waals surface area contributed by atoms with Gasteiger partial charge in [-0.1, -0.05) is 31.5 Å². The van der Waals surface area contributed by atoms with Crippen molar-refractivity contribution in [3.63, 3.8) is 0 Å². The summed E-state index contributed by atoms with van der Waals surface area (Å²) >= 11 is 1.69. The molecule has 0 bridgehead atoms. The fourth-order valence-corrected chi connectivity index (χ4v) is 3.23. The van der Waals surface area contributed by atoms with Crippen molar-refractivity contribution in [1.29, 1.82) is 0 Å². The molecule has 0 saturated carbocycles. The number of para-hydroxylation sites is 1. The van der Waals surface area contributed by atoms with Crippen LogP contribution in [0.4, 0.5) is 5.13 Å². The van der Waals surface area contributed by atoms with Gasteiger partial charge < -0.3 is 15.4 Å². The van der Waals surface area contributed by atoms with Crippen LogP contribution in [0.15, 0.2) is 24.3 Å². The standard InChI is InChI=1S/C16H23N3OS/c1-4-7-13-15(10-17)21-16(18-13)19(2)11-12-8-5-6-9-14(12)20-3/h5-6,8-9H,4,7,10-11,17H2,1-3H3. The maximum Gasteiger partial charge on any atom is 0.185 e. The van der Waals surface area contributed by atoms with Gasteiger partial charge in [0.15, 0.2) is 5.13 Å². The van der Waals surface area contributed by atoms with Gasteiger partial charge in [0, 0.05) is 30.6 Å². The molecule has 1 aromatic heterocycles. The lowest BCUT2D eigenvalue weighted by molar-refractivity contribution is 0.409. The highest BCUT2D eigenvalue weighted by molar-refractivity contribution is 7.15. The van der Waals surface area contributed by atoms with Gasteiger partial charge in [-0.05, 0) is 12.5 Å². The number of ether oxygens (including phenoxy) is 1. The van der Waals surface area contributed by atoms with E-state index in [9.17, 15) is 0 Å². The van der Waals surface area contributed by atoms with Crippen molar-refractivity contribution in [2.24, 2.45) is 5.73 Å². The number of hydrogen-bond donors (Lipinski definition) is 1. The molecular formula is C16H23N3OS. The van der Waals surface area contributed by atoms with Gasteiger partial charge in [0.2, 0.25) is 0 Å². The zero-order valence-corrected chi connectivity index (χ0v) is 13.7. The van der Waals surface area contributed by atoms with Gasteiger partial charge in [-0.2, -0.15) is 0 Å². The molecule has 2 rings (SSSR count). The van der Waals surface area contributed by atoms with Gasteiger partial charge in [-0.3, -0.25) is 0 Å². The minimum absolute atomic E-state index is 0.565. The van der Waals surface area contributed by atoms with Crippen molar-refractivity contribution >= 4 is 16.5 Å². The first-order valence-electron chi connectivity index (χ1n) is 7.21. The van der Waals surface area contributed by atoms with E-state index in [2.05, 4.69) is 24.9 Å². The fraction of sp³-hybridized carbons (Fsp3) is 0.438. The molecule has 0 atom stereocenters. The minimum Gasteiger partial charge on any atom is -0.496 e. The molecule has 0 radical (unpaired) electrons. The third kappa shape index (κ3) is 3.74. The summed E-state index contributed by atoms with van der Waals surface area (Å²) in [7, 11) is 3.76. The summed E-state index contributed by atoms with van der Waals surface area (Å²) in [5.74, 6) is 0.911. The Labute approximate surface area is 130 Å². The summed E-state index contributed by atoms with van der Waals surface area (Å²) in [6, 6.07) is 8.08. The van der Waals surface area contributed by atoms with Crippen molar-refractivity contribution in [2.45, 2.75) is 32.9 Å². The van der Waals surface area contributed by atoms with E-state index in [-0.39, 0.29) is 0 Å². The van der Waals surface area contributed by atoms with Crippen LogP contribution >= 0.6 is 11.3 Å². The molecule has 0 spiro atoms. The first kappa shape index (κ1) is 15.8. The highest BCUT2D eigenvalue weighted by Crippen LogP contribution is 2.28. The average molecular weight is 305 g/mol. The average Bonchev–Trinajstić information content (AvgIpc) is 2.91. The van der Waals surface area contributed by atoms with Crippen LogP contribution in [-0.4, -0.2) is 19.1 Å². The Bertz CT molecular complexity index is 583. The summed E-state index contributed by atoms with van der Waals surface area (Å²) in [6.07, 6.45) is 2.08. The van der Waals surface area contributed by atoms with Gasteiger partial charge in [-0.25, -0.2) is 4.98 Å². The van der Waals surface area contributed by atoms with E-state index in [1.807, 2.05) is 18.2 Å². The SMILES string of the molecule is CCCc1nc(N(C)Cc2ccccc2OC)sc1CN. The summed E-state index contributed by atoms with van der Waals surface area (Å²) in [5, 5.41) is 1.02. The number of methoxy groups -OCH3 is 1. The second kappa shape index (κ2) is 7.43. The van der Waals surface area contributed by atoms with E-state index < -0.39 is 0 Å². The lowest BCUT2D eigenvalue weighted by atomic mass is 10.2. The van der Waals surface area contributed by atoms with Crippen molar-refractivity contribution in [3.8, 4) is 5.75 Å². The minimum atomic E-state index is 0.565. The number of thiazole rings is 1. The van der Waals surface area contributed by atoms with Crippen LogP contribution in [-0.2, 0) is 19.5 Å². The highest BCUT2D eigenvalue weighted by atomic mass is 32.1. The predicted molar refractivity (Wildman–Crippen MR) is 89.1 cm³/mol. The molecule has 4 nitrogen and oxygen atoms in total. The predicted octanol–water partition coefficient (Wildman–Crippen LogP) is 3.20. The van der Waals surface area contributed by atoms with Crippen LogP contribution < -0.4 is 15.4 Å². The van der Waals surface area contributed by atoms with Crippen LogP contribution in [0, 0.1) is 0 Å². The van der Waals surface area contributed by atoms with E-state index in [4.69, 9.17) is 15.5 Å². The van der Waals surface area contributed by atoms with Crippen LogP contribution in [0.3, 0.4) is 0 Å². The van der Waals surface area contributed by atoms with Gasteiger partial charge >= 0.3 is 0 Å². The number of nitrogens with zero attached hydrogens (tertiary/aromatic N) is 2. The molecule has 0 aliphatic carbocycles. The Hall–Kier alpha value is -1.59. The molecular weight excluding hydrogens is 282 g/mol. The first-order valence-corrected chi connectivity index (χ1v) is 8.02. The Morgan fingerprint density at radius 3 is 2.76 bits per heavy atom. The van der Waals surface area contributed by atoms with E-state index >= 15 is 0 Å². The Morgan fingerprint density at radius 1 is 1.33 bits per heavy atom. The van der Waals surface area contributed by atoms with Gasteiger partial charge in [0.25, 0.3) is 0 Å². The monoisotopic (exact) mass is 305 g/mol. The summed E-state index contributed by atoms with van der Waals surface area (Å²) in [5.41, 5.74) is 8.13. The number of benzene rings is 1. The van der Waals surface area contributed by atoms with E-state index in [0.29, 0.717) is 6.54 Å². The largest absolute Gasteiger partial charge is 0.496 e. The van der Waals surface area contributed by atoms with E-state index in [1.54, 1.807) is 18.4 Å². The van der Waals surface area contributed by atoms with Gasteiger partial charge in [-0.15, -0.1) is 11.3 Å². The maximum atomic E-state index is 5.82. The number of rotatable bonds is 7. The smallest absolute Gasteiger partial charge is 0.185 e. The number of nitrogens with two attached hydrogens (primary N) is 1. The van der Waals surface area contributed by atoms with Crippen LogP contribution in [0.1, 0.15) is 29.5 Å². The molecule has 0 amide bonds. The molecule has 21 heavy (non-hydrogen) atoms. The number of anilines is 1. The van der Waals surface area contributed by atoms with Crippen LogP contribution in [0.2, 0.25) is 0 Å². The van der Waals surface area contributed by atoms with Crippen LogP contribution in [0.25, 0.3) is 0 Å². The fourth-order valence-electron chi connectivity index (χ4n) is 2.28. The molecule has 1 aromatic carbocycles. The number of aryl methyl sites for hydroxylation is 1. The lowest BCUT2D eigenvalue weighted by Crippen LogP contribution is -2.16. The van der Waals surface area contributed by atoms with E-state index in [0.717, 1.165) is 41.5 Å². The van der Waals surface area contributed by atoms with Crippen molar-refractivity contribution in [3.05, 3.63) is 40.4 Å². The second-order valence-corrected chi connectivity index (χ2v) is 6.05. The van der Waals surface area contributed by atoms with Gasteiger partial charge in [0.05, 0.1) is 12.8 Å². The molecule has 0 fully saturated rings. The molecule has 2 N–H and O–H groups in total. The maximum absolute atomic E-state index is 5.82. The molecule has 1 heterocycles. The van der Waals surface area contributed by atoms with E-state index in [1.165, 1.54) is 4.88 Å². The third-order valence-corrected chi connectivity index (χ3v) is 4.60. The Morgan fingerprint density at radius 2 is 2.10 bits per heavy atom. The Kier molecular flexibility index (Phi) is 5.59. The quantitative estimate of drug-likeness (QED) is 0.853. The lowest BCUT2D eigenvalue weighted by Gasteiger charge is -2.17. The van der Waals surface area contributed by atoms with Gasteiger partial charge in [0.1, 0.15) is 5.75 Å². The number of hydrogen-bond acceptors (Lipinski definition) is 5. The topological polar surface area (TPSA) is 51.4 Å². The summed E-state index contributed by atoms with van der Waals surface area (Å²) in [4.78, 5) is 8.09. The first-order chi connectivity index (χ1) is 10.2.